The Bertz CT molecular complexity index is 1210. The number of H-pyrrole nitrogens is 1. The number of hydrogen-bond donors (Lipinski definition) is 2. The number of aromatic amines is 1. The molecule has 0 bridgehead atoms. The zero-order chi connectivity index (χ0) is 19.8. The van der Waals surface area contributed by atoms with E-state index in [0.29, 0.717) is 11.2 Å². The molecule has 0 saturated heterocycles. The van der Waals surface area contributed by atoms with Crippen LogP contribution in [0.2, 0.25) is 0 Å². The summed E-state index contributed by atoms with van der Waals surface area (Å²) < 4.78 is 0.828. The van der Waals surface area contributed by atoms with Gasteiger partial charge in [-0.2, -0.15) is 0 Å². The summed E-state index contributed by atoms with van der Waals surface area (Å²) in [5.41, 5.74) is 6.91. The first-order valence-electron chi connectivity index (χ1n) is 8.39. The van der Waals surface area contributed by atoms with Gasteiger partial charge in [-0.25, -0.2) is 9.97 Å². The number of fused-ring (bicyclic) bond motifs is 1. The summed E-state index contributed by atoms with van der Waals surface area (Å²) in [5.74, 6) is 0.249. The number of nitrogens with two attached hydrogens (primary N) is 1. The van der Waals surface area contributed by atoms with Crippen molar-refractivity contribution in [3.63, 3.8) is 0 Å². The number of nitrogens with zero attached hydrogens (tertiary/aromatic N) is 2. The predicted octanol–water partition coefficient (Wildman–Crippen LogP) is 4.36. The lowest BCUT2D eigenvalue weighted by molar-refractivity contribution is -0.117. The number of aryl methyl sites for hydroxylation is 1. The summed E-state index contributed by atoms with van der Waals surface area (Å²) in [6.07, 6.45) is 0.195. The molecule has 0 aromatic carbocycles. The highest BCUT2D eigenvalue weighted by Crippen LogP contribution is 2.38. The molecule has 144 valence electrons. The van der Waals surface area contributed by atoms with Gasteiger partial charge in [0, 0.05) is 20.7 Å². The van der Waals surface area contributed by atoms with Crippen molar-refractivity contribution in [1.82, 2.24) is 15.0 Å². The van der Waals surface area contributed by atoms with Gasteiger partial charge in [0.1, 0.15) is 10.7 Å². The number of thiophene rings is 2. The summed E-state index contributed by atoms with van der Waals surface area (Å²) in [5, 5.41) is 4.54. The molecule has 0 saturated carbocycles. The molecule has 6 nitrogen and oxygen atoms in total. The fourth-order valence-electron chi connectivity index (χ4n) is 2.75. The van der Waals surface area contributed by atoms with Crippen LogP contribution in [0, 0.1) is 6.92 Å². The lowest BCUT2D eigenvalue weighted by Gasteiger charge is -2.08. The zero-order valence-corrected chi connectivity index (χ0v) is 18.3. The van der Waals surface area contributed by atoms with Gasteiger partial charge >= 0.3 is 0 Å². The number of aromatic nitrogens is 3. The Morgan fingerprint density at radius 1 is 1.36 bits per heavy atom. The summed E-state index contributed by atoms with van der Waals surface area (Å²) in [6, 6.07) is 3.98. The molecule has 0 aliphatic heterocycles. The third-order valence-electron chi connectivity index (χ3n) is 4.12. The van der Waals surface area contributed by atoms with Crippen LogP contribution < -0.4 is 11.3 Å². The highest BCUT2D eigenvalue weighted by atomic mass is 32.2. The van der Waals surface area contributed by atoms with E-state index in [1.165, 1.54) is 34.4 Å². The number of amides is 1. The van der Waals surface area contributed by atoms with Crippen LogP contribution in [0.4, 0.5) is 0 Å². The van der Waals surface area contributed by atoms with E-state index < -0.39 is 0 Å². The first-order valence-corrected chi connectivity index (χ1v) is 11.8. The predicted molar refractivity (Wildman–Crippen MR) is 118 cm³/mol. The van der Waals surface area contributed by atoms with E-state index in [2.05, 4.69) is 15.0 Å². The largest absolute Gasteiger partial charge is 0.369 e. The van der Waals surface area contributed by atoms with Crippen LogP contribution in [-0.4, -0.2) is 20.9 Å². The molecular formula is C18H16N4O2S4. The Labute approximate surface area is 176 Å². The lowest BCUT2D eigenvalue weighted by atomic mass is 10.2. The molecule has 0 unspecified atom stereocenters. The number of nitrogens with one attached hydrogen (secondary N) is 1. The molecule has 0 aliphatic rings. The van der Waals surface area contributed by atoms with Gasteiger partial charge in [0.05, 0.1) is 22.8 Å². The van der Waals surface area contributed by atoms with Crippen LogP contribution in [0.25, 0.3) is 20.7 Å². The molecule has 10 heteroatoms. The summed E-state index contributed by atoms with van der Waals surface area (Å²) in [7, 11) is 0. The molecule has 0 spiro atoms. The number of rotatable bonds is 6. The Balaban J connectivity index is 1.62. The first kappa shape index (κ1) is 19.3. The fraction of sp³-hybridized carbons (Fsp3) is 0.222. The van der Waals surface area contributed by atoms with Crippen LogP contribution in [0.5, 0.6) is 0 Å². The number of thiazole rings is 1. The molecule has 4 rings (SSSR count). The number of carbonyl (C=O) groups excluding carboxylic acids is 1. The minimum absolute atomic E-state index is 0.0867. The van der Waals surface area contributed by atoms with Gasteiger partial charge in [-0.3, -0.25) is 9.59 Å². The van der Waals surface area contributed by atoms with Crippen molar-refractivity contribution < 1.29 is 4.79 Å². The third kappa shape index (κ3) is 3.77. The Kier molecular flexibility index (Phi) is 5.37. The number of hydrogen-bond acceptors (Lipinski definition) is 8. The molecule has 4 aromatic heterocycles. The van der Waals surface area contributed by atoms with Gasteiger partial charge in [-0.15, -0.1) is 34.0 Å². The normalized spacial score (nSPS) is 12.5. The maximum atomic E-state index is 12.8. The maximum absolute atomic E-state index is 12.8. The molecular weight excluding hydrogens is 432 g/mol. The second kappa shape index (κ2) is 7.78. The summed E-state index contributed by atoms with van der Waals surface area (Å²) in [6.45, 7) is 3.85. The maximum Gasteiger partial charge on any atom is 0.260 e. The van der Waals surface area contributed by atoms with Crippen LogP contribution >= 0.6 is 45.8 Å². The molecule has 4 aromatic rings. The van der Waals surface area contributed by atoms with Crippen molar-refractivity contribution in [2.75, 3.05) is 0 Å². The fourth-order valence-corrected chi connectivity index (χ4v) is 6.97. The molecule has 0 radical (unpaired) electrons. The second-order valence-electron chi connectivity index (χ2n) is 6.15. The van der Waals surface area contributed by atoms with E-state index in [4.69, 9.17) is 5.73 Å². The highest BCUT2D eigenvalue weighted by Gasteiger charge is 2.19. The van der Waals surface area contributed by atoms with Crippen molar-refractivity contribution in [1.29, 1.82) is 0 Å². The molecule has 4 heterocycles. The summed E-state index contributed by atoms with van der Waals surface area (Å²) >= 11 is 6.05. The van der Waals surface area contributed by atoms with E-state index in [9.17, 15) is 9.59 Å². The average Bonchev–Trinajstić information content (AvgIpc) is 3.35. The zero-order valence-electron chi connectivity index (χ0n) is 15.0. The standard InChI is InChI=1S/C18H16N4O2S4/c1-8-12(6-13(19)23)28-18(20-8)27-9(2)15-21-16(24)14-10(7-26-17(14)22-15)11-4-3-5-25-11/h3-5,7,9H,6H2,1-2H3,(H2,19,23)(H,21,22,24)/t9-/m1/s1. The first-order chi connectivity index (χ1) is 13.4. The highest BCUT2D eigenvalue weighted by molar-refractivity contribution is 8.01. The smallest absolute Gasteiger partial charge is 0.260 e. The monoisotopic (exact) mass is 448 g/mol. The van der Waals surface area contributed by atoms with Gasteiger partial charge in [0.25, 0.3) is 5.56 Å². The molecule has 0 aliphatic carbocycles. The van der Waals surface area contributed by atoms with E-state index >= 15 is 0 Å². The molecule has 1 amide bonds. The van der Waals surface area contributed by atoms with Gasteiger partial charge in [0.15, 0.2) is 4.34 Å². The average molecular weight is 449 g/mol. The number of thioether (sulfide) groups is 1. The van der Waals surface area contributed by atoms with E-state index in [1.54, 1.807) is 11.3 Å². The van der Waals surface area contributed by atoms with Crippen LogP contribution in [0.1, 0.15) is 28.6 Å². The van der Waals surface area contributed by atoms with Crippen molar-refractivity contribution in [2.45, 2.75) is 29.9 Å². The second-order valence-corrected chi connectivity index (χ2v) is 10.6. The molecule has 28 heavy (non-hydrogen) atoms. The minimum Gasteiger partial charge on any atom is -0.369 e. The van der Waals surface area contributed by atoms with Crippen LogP contribution in [0.15, 0.2) is 32.0 Å². The number of primary amides is 1. The summed E-state index contributed by atoms with van der Waals surface area (Å²) in [4.78, 5) is 38.7. The van der Waals surface area contributed by atoms with Crippen molar-refractivity contribution in [3.05, 3.63) is 49.6 Å². The Morgan fingerprint density at radius 3 is 2.89 bits per heavy atom. The third-order valence-corrected chi connectivity index (χ3v) is 8.26. The van der Waals surface area contributed by atoms with Crippen LogP contribution in [0.3, 0.4) is 0 Å². The topological polar surface area (TPSA) is 102 Å². The van der Waals surface area contributed by atoms with E-state index in [0.717, 1.165) is 30.2 Å². The quantitative estimate of drug-likeness (QED) is 0.427. The van der Waals surface area contributed by atoms with Crippen LogP contribution in [-0.2, 0) is 11.2 Å². The molecule has 1 atom stereocenters. The van der Waals surface area contributed by atoms with Crippen molar-refractivity contribution in [2.24, 2.45) is 5.73 Å². The Morgan fingerprint density at radius 2 is 2.18 bits per heavy atom. The molecule has 0 fully saturated rings. The van der Waals surface area contributed by atoms with Crippen molar-refractivity contribution in [3.8, 4) is 10.4 Å². The lowest BCUT2D eigenvalue weighted by Crippen LogP contribution is -2.13. The van der Waals surface area contributed by atoms with E-state index in [1.807, 2.05) is 36.7 Å². The van der Waals surface area contributed by atoms with Gasteiger partial charge in [-0.05, 0) is 25.3 Å². The van der Waals surface area contributed by atoms with Crippen molar-refractivity contribution >= 4 is 61.9 Å². The Hall–Kier alpha value is -2.01. The minimum atomic E-state index is -0.368. The number of carbonyl (C=O) groups is 1. The van der Waals surface area contributed by atoms with Gasteiger partial charge in [0.2, 0.25) is 5.91 Å². The molecule has 3 N–H and O–H groups in total. The van der Waals surface area contributed by atoms with Gasteiger partial charge in [-0.1, -0.05) is 17.8 Å². The SMILES string of the molecule is Cc1nc(S[C@H](C)c2nc3scc(-c4cccs4)c3c(=O)[nH]2)sc1CC(N)=O. The van der Waals surface area contributed by atoms with E-state index in [-0.39, 0.29) is 23.1 Å². The van der Waals surface area contributed by atoms with Gasteiger partial charge < -0.3 is 10.7 Å².